The molecule has 4 rings (SSSR count). The summed E-state index contributed by atoms with van der Waals surface area (Å²) in [6.07, 6.45) is 4.69. The van der Waals surface area contributed by atoms with Crippen molar-refractivity contribution in [1.82, 2.24) is 14.6 Å². The van der Waals surface area contributed by atoms with Crippen LogP contribution in [0.5, 0.6) is 0 Å². The lowest BCUT2D eigenvalue weighted by Crippen LogP contribution is -2.56. The standard InChI is InChI=1S/C18H20N4O3S/c23-17(11-13-5-3-9-19-12-13)22-10-4-7-15(22)18-20-14-6-1-2-8-16(14)26(24,25)21-18/h1-3,5-6,8-9,12,15,18,20-21H,4,7,10-11H2/t15-,18-/m1/s1. The number of aromatic nitrogens is 1. The van der Waals surface area contributed by atoms with Crippen molar-refractivity contribution in [3.63, 3.8) is 0 Å². The van der Waals surface area contributed by atoms with Gasteiger partial charge in [-0.15, -0.1) is 0 Å². The highest BCUT2D eigenvalue weighted by molar-refractivity contribution is 7.89. The molecule has 0 unspecified atom stereocenters. The Bertz CT molecular complexity index is 917. The first kappa shape index (κ1) is 17.0. The molecule has 2 aromatic rings. The normalized spacial score (nSPS) is 23.9. The number of amides is 1. The number of para-hydroxylation sites is 1. The predicted molar refractivity (Wildman–Crippen MR) is 96.9 cm³/mol. The Morgan fingerprint density at radius 2 is 2.08 bits per heavy atom. The smallest absolute Gasteiger partial charge is 0.244 e. The molecule has 0 bridgehead atoms. The number of nitrogens with one attached hydrogen (secondary N) is 2. The van der Waals surface area contributed by atoms with Gasteiger partial charge < -0.3 is 10.2 Å². The Morgan fingerprint density at radius 3 is 2.88 bits per heavy atom. The fraction of sp³-hybridized carbons (Fsp3) is 0.333. The fourth-order valence-electron chi connectivity index (χ4n) is 3.65. The minimum Gasteiger partial charge on any atom is -0.366 e. The number of anilines is 1. The lowest BCUT2D eigenvalue weighted by Gasteiger charge is -2.36. The summed E-state index contributed by atoms with van der Waals surface area (Å²) in [4.78, 5) is 18.8. The number of hydrogen-bond acceptors (Lipinski definition) is 5. The molecule has 1 aromatic heterocycles. The molecule has 8 heteroatoms. The first-order valence-corrected chi connectivity index (χ1v) is 10.1. The van der Waals surface area contributed by atoms with Crippen LogP contribution in [0.25, 0.3) is 0 Å². The second kappa shape index (κ2) is 6.69. The van der Waals surface area contributed by atoms with E-state index in [-0.39, 0.29) is 23.3 Å². The molecule has 1 fully saturated rings. The van der Waals surface area contributed by atoms with Crippen LogP contribution in [0, 0.1) is 0 Å². The van der Waals surface area contributed by atoms with Crippen molar-refractivity contribution < 1.29 is 13.2 Å². The third-order valence-electron chi connectivity index (χ3n) is 4.85. The molecule has 2 aliphatic rings. The van der Waals surface area contributed by atoms with Gasteiger partial charge >= 0.3 is 0 Å². The lowest BCUT2D eigenvalue weighted by atomic mass is 10.1. The molecule has 7 nitrogen and oxygen atoms in total. The van der Waals surface area contributed by atoms with Crippen molar-refractivity contribution in [1.29, 1.82) is 0 Å². The highest BCUT2D eigenvalue weighted by atomic mass is 32.2. The summed E-state index contributed by atoms with van der Waals surface area (Å²) in [7, 11) is -3.60. The van der Waals surface area contributed by atoms with Gasteiger partial charge in [0, 0.05) is 18.9 Å². The van der Waals surface area contributed by atoms with Crippen molar-refractivity contribution in [2.24, 2.45) is 0 Å². The topological polar surface area (TPSA) is 91.4 Å². The molecule has 1 amide bonds. The summed E-state index contributed by atoms with van der Waals surface area (Å²) < 4.78 is 27.8. The molecule has 0 spiro atoms. The second-order valence-corrected chi connectivity index (χ2v) is 8.26. The van der Waals surface area contributed by atoms with Gasteiger partial charge in [0.25, 0.3) is 0 Å². The maximum atomic E-state index is 12.8. The summed E-state index contributed by atoms with van der Waals surface area (Å²) in [5, 5.41) is 3.25. The maximum absolute atomic E-state index is 12.8. The van der Waals surface area contributed by atoms with Crippen molar-refractivity contribution in [2.75, 3.05) is 11.9 Å². The minimum atomic E-state index is -3.60. The highest BCUT2D eigenvalue weighted by Gasteiger charge is 2.40. The predicted octanol–water partition coefficient (Wildman–Crippen LogP) is 1.35. The SMILES string of the molecule is O=C(Cc1cccnc1)N1CCC[C@@H]1[C@@H]1Nc2ccccc2S(=O)(=O)N1. The maximum Gasteiger partial charge on any atom is 0.244 e. The van der Waals surface area contributed by atoms with E-state index in [0.29, 0.717) is 12.2 Å². The van der Waals surface area contributed by atoms with Gasteiger partial charge in [0.15, 0.2) is 0 Å². The summed E-state index contributed by atoms with van der Waals surface area (Å²) in [5.74, 6) is -0.0136. The van der Waals surface area contributed by atoms with Crippen LogP contribution in [0.3, 0.4) is 0 Å². The van der Waals surface area contributed by atoms with E-state index < -0.39 is 16.2 Å². The van der Waals surface area contributed by atoms with Gasteiger partial charge in [-0.25, -0.2) is 8.42 Å². The molecule has 2 aliphatic heterocycles. The van der Waals surface area contributed by atoms with Crippen LogP contribution in [-0.2, 0) is 21.2 Å². The molecular formula is C18H20N4O3S. The van der Waals surface area contributed by atoms with Gasteiger partial charge in [-0.3, -0.25) is 9.78 Å². The van der Waals surface area contributed by atoms with Gasteiger partial charge in [0.2, 0.25) is 15.9 Å². The molecule has 136 valence electrons. The van der Waals surface area contributed by atoms with E-state index in [0.717, 1.165) is 18.4 Å². The molecule has 0 saturated carbocycles. The van der Waals surface area contributed by atoms with Crippen LogP contribution in [-0.4, -0.2) is 43.0 Å². The van der Waals surface area contributed by atoms with E-state index in [1.807, 2.05) is 6.07 Å². The van der Waals surface area contributed by atoms with Crippen LogP contribution >= 0.6 is 0 Å². The van der Waals surface area contributed by atoms with Gasteiger partial charge in [-0.2, -0.15) is 4.72 Å². The number of fused-ring (bicyclic) bond motifs is 1. The van der Waals surface area contributed by atoms with Crippen LogP contribution in [0.4, 0.5) is 5.69 Å². The van der Waals surface area contributed by atoms with E-state index in [2.05, 4.69) is 15.0 Å². The zero-order valence-corrected chi connectivity index (χ0v) is 14.9. The summed E-state index contributed by atoms with van der Waals surface area (Å²) >= 11 is 0. The average molecular weight is 372 g/mol. The Hall–Kier alpha value is -2.45. The molecule has 26 heavy (non-hydrogen) atoms. The van der Waals surface area contributed by atoms with E-state index >= 15 is 0 Å². The van der Waals surface area contributed by atoms with Crippen LogP contribution < -0.4 is 10.0 Å². The molecule has 1 aromatic carbocycles. The van der Waals surface area contributed by atoms with E-state index in [1.165, 1.54) is 0 Å². The largest absolute Gasteiger partial charge is 0.366 e. The van der Waals surface area contributed by atoms with Crippen LogP contribution in [0.1, 0.15) is 18.4 Å². The Kier molecular flexibility index (Phi) is 4.37. The van der Waals surface area contributed by atoms with E-state index in [9.17, 15) is 13.2 Å². The van der Waals surface area contributed by atoms with Crippen LogP contribution in [0.2, 0.25) is 0 Å². The van der Waals surface area contributed by atoms with Crippen molar-refractivity contribution in [3.8, 4) is 0 Å². The van der Waals surface area contributed by atoms with Gasteiger partial charge in [0.05, 0.1) is 18.2 Å². The van der Waals surface area contributed by atoms with Gasteiger partial charge in [0.1, 0.15) is 11.1 Å². The monoisotopic (exact) mass is 372 g/mol. The van der Waals surface area contributed by atoms with E-state index in [4.69, 9.17) is 0 Å². The molecule has 0 radical (unpaired) electrons. The third-order valence-corrected chi connectivity index (χ3v) is 6.35. The fourth-order valence-corrected chi connectivity index (χ4v) is 5.00. The number of likely N-dealkylation sites (tertiary alicyclic amines) is 1. The third kappa shape index (κ3) is 3.17. The molecule has 2 atom stereocenters. The summed E-state index contributed by atoms with van der Waals surface area (Å²) in [5.41, 5.74) is 1.42. The van der Waals surface area contributed by atoms with Gasteiger partial charge in [-0.05, 0) is 36.6 Å². The van der Waals surface area contributed by atoms with Gasteiger partial charge in [-0.1, -0.05) is 18.2 Å². The van der Waals surface area contributed by atoms with E-state index in [1.54, 1.807) is 47.6 Å². The second-order valence-electron chi connectivity index (χ2n) is 6.57. The first-order chi connectivity index (χ1) is 12.5. The number of rotatable bonds is 3. The number of benzene rings is 1. The number of hydrogen-bond donors (Lipinski definition) is 2. The van der Waals surface area contributed by atoms with Crippen molar-refractivity contribution >= 4 is 21.6 Å². The highest BCUT2D eigenvalue weighted by Crippen LogP contribution is 2.30. The zero-order valence-electron chi connectivity index (χ0n) is 14.1. The Morgan fingerprint density at radius 1 is 1.23 bits per heavy atom. The Balaban J connectivity index is 1.55. The number of carbonyl (C=O) groups is 1. The number of sulfonamides is 1. The minimum absolute atomic E-state index is 0.0136. The Labute approximate surface area is 152 Å². The first-order valence-electron chi connectivity index (χ1n) is 8.61. The molecule has 0 aliphatic carbocycles. The molecular weight excluding hydrogens is 352 g/mol. The molecule has 2 N–H and O–H groups in total. The molecule has 3 heterocycles. The summed E-state index contributed by atoms with van der Waals surface area (Å²) in [6.45, 7) is 0.630. The number of nitrogens with zero attached hydrogens (tertiary/aromatic N) is 2. The lowest BCUT2D eigenvalue weighted by molar-refractivity contribution is -0.131. The number of pyridine rings is 1. The number of carbonyl (C=O) groups excluding carboxylic acids is 1. The quantitative estimate of drug-likeness (QED) is 0.849. The van der Waals surface area contributed by atoms with Crippen molar-refractivity contribution in [2.45, 2.75) is 36.4 Å². The van der Waals surface area contributed by atoms with Crippen molar-refractivity contribution in [3.05, 3.63) is 54.4 Å². The average Bonchev–Trinajstić information content (AvgIpc) is 3.12. The molecule has 1 saturated heterocycles. The zero-order chi connectivity index (χ0) is 18.1. The summed E-state index contributed by atoms with van der Waals surface area (Å²) in [6, 6.07) is 10.3. The van der Waals surface area contributed by atoms with Crippen LogP contribution in [0.15, 0.2) is 53.7 Å².